The van der Waals surface area contributed by atoms with E-state index in [-0.39, 0.29) is 0 Å². The van der Waals surface area contributed by atoms with E-state index in [1.807, 2.05) is 12.4 Å². The molecule has 1 nitrogen and oxygen atoms in total. The minimum absolute atomic E-state index is 1.07. The van der Waals surface area contributed by atoms with E-state index in [4.69, 9.17) is 0 Å². The molecular formula is C12H16BrN. The van der Waals surface area contributed by atoms with E-state index in [1.165, 1.54) is 17.7 Å². The predicted octanol–water partition coefficient (Wildman–Crippen LogP) is 4.31. The molecule has 1 heterocycles. The minimum Gasteiger partial charge on any atom is -0.323 e. The van der Waals surface area contributed by atoms with Crippen LogP contribution in [0, 0.1) is 0 Å². The Morgan fingerprint density at radius 3 is 2.86 bits per heavy atom. The molecule has 0 saturated carbocycles. The third kappa shape index (κ3) is 2.61. The van der Waals surface area contributed by atoms with Gasteiger partial charge in [0.25, 0.3) is 0 Å². The molecule has 0 N–H and O–H groups in total. The van der Waals surface area contributed by atoms with Gasteiger partial charge in [-0.2, -0.15) is 0 Å². The standard InChI is InChI=1S/C12H16BrN/c1-4-6-10(3)12-8-7-11(13)9-14(12)5-2/h5,7-9H,2,4,6H2,1,3H3/b12-10-. The first-order valence-corrected chi connectivity index (χ1v) is 5.64. The molecule has 1 aliphatic heterocycles. The normalized spacial score (nSPS) is 19.4. The van der Waals surface area contributed by atoms with E-state index in [9.17, 15) is 0 Å². The molecule has 0 amide bonds. The van der Waals surface area contributed by atoms with Crippen LogP contribution in [-0.2, 0) is 0 Å². The van der Waals surface area contributed by atoms with Crippen molar-refractivity contribution in [2.24, 2.45) is 0 Å². The summed E-state index contributed by atoms with van der Waals surface area (Å²) in [5.74, 6) is 0. The van der Waals surface area contributed by atoms with Crippen LogP contribution in [0.1, 0.15) is 26.7 Å². The lowest BCUT2D eigenvalue weighted by molar-refractivity contribution is 0.628. The second kappa shape index (κ2) is 5.20. The highest BCUT2D eigenvalue weighted by Crippen LogP contribution is 2.24. The molecule has 76 valence electrons. The van der Waals surface area contributed by atoms with Crippen molar-refractivity contribution < 1.29 is 0 Å². The largest absolute Gasteiger partial charge is 0.323 e. The number of hydrogen-bond acceptors (Lipinski definition) is 1. The summed E-state index contributed by atoms with van der Waals surface area (Å²) in [6.07, 6.45) is 10.4. The van der Waals surface area contributed by atoms with Gasteiger partial charge in [-0.05, 0) is 47.0 Å². The average Bonchev–Trinajstić information content (AvgIpc) is 2.17. The predicted molar refractivity (Wildman–Crippen MR) is 65.8 cm³/mol. The molecule has 0 aromatic heterocycles. The van der Waals surface area contributed by atoms with E-state index < -0.39 is 0 Å². The molecule has 1 rings (SSSR count). The minimum atomic E-state index is 1.07. The Labute approximate surface area is 94.6 Å². The molecule has 0 bridgehead atoms. The molecule has 0 atom stereocenters. The Balaban J connectivity index is 2.95. The van der Waals surface area contributed by atoms with Crippen LogP contribution >= 0.6 is 15.9 Å². The third-order valence-electron chi connectivity index (χ3n) is 2.20. The Hall–Kier alpha value is -0.760. The highest BCUT2D eigenvalue weighted by molar-refractivity contribution is 9.11. The first-order chi connectivity index (χ1) is 6.69. The van der Waals surface area contributed by atoms with E-state index in [2.05, 4.69) is 53.4 Å². The summed E-state index contributed by atoms with van der Waals surface area (Å²) in [7, 11) is 0. The van der Waals surface area contributed by atoms with Gasteiger partial charge in [0.05, 0.1) is 0 Å². The van der Waals surface area contributed by atoms with Crippen molar-refractivity contribution in [1.82, 2.24) is 4.90 Å². The summed E-state index contributed by atoms with van der Waals surface area (Å²) in [5, 5.41) is 0. The third-order valence-corrected chi connectivity index (χ3v) is 2.67. The molecule has 0 aliphatic carbocycles. The van der Waals surface area contributed by atoms with Crippen molar-refractivity contribution in [3.05, 3.63) is 46.9 Å². The van der Waals surface area contributed by atoms with E-state index in [1.54, 1.807) is 0 Å². The second-order valence-corrected chi connectivity index (χ2v) is 4.27. The Morgan fingerprint density at radius 2 is 2.29 bits per heavy atom. The first kappa shape index (κ1) is 11.3. The molecule has 0 unspecified atom stereocenters. The van der Waals surface area contributed by atoms with Gasteiger partial charge in [0.2, 0.25) is 0 Å². The Bertz CT molecular complexity index is 310. The molecular weight excluding hydrogens is 238 g/mol. The SMILES string of the molecule is C=CN1C=C(Br)C=C/C1=C(\C)CCC. The summed E-state index contributed by atoms with van der Waals surface area (Å²) < 4.78 is 1.07. The van der Waals surface area contributed by atoms with Crippen molar-refractivity contribution in [2.45, 2.75) is 26.7 Å². The lowest BCUT2D eigenvalue weighted by Crippen LogP contribution is -2.12. The highest BCUT2D eigenvalue weighted by Gasteiger charge is 2.08. The highest BCUT2D eigenvalue weighted by atomic mass is 79.9. The fourth-order valence-electron chi connectivity index (χ4n) is 1.51. The Kier molecular flexibility index (Phi) is 4.21. The quantitative estimate of drug-likeness (QED) is 0.725. The molecule has 14 heavy (non-hydrogen) atoms. The van der Waals surface area contributed by atoms with Gasteiger partial charge < -0.3 is 4.90 Å². The molecule has 0 aromatic rings. The van der Waals surface area contributed by atoms with Crippen molar-refractivity contribution in [3.63, 3.8) is 0 Å². The topological polar surface area (TPSA) is 3.24 Å². The summed E-state index contributed by atoms with van der Waals surface area (Å²) in [5.41, 5.74) is 2.64. The van der Waals surface area contributed by atoms with Gasteiger partial charge >= 0.3 is 0 Å². The zero-order valence-electron chi connectivity index (χ0n) is 8.76. The van der Waals surface area contributed by atoms with Gasteiger partial charge in [0.15, 0.2) is 0 Å². The van der Waals surface area contributed by atoms with Crippen molar-refractivity contribution in [1.29, 1.82) is 0 Å². The molecule has 2 heteroatoms. The molecule has 0 saturated heterocycles. The monoisotopic (exact) mass is 253 g/mol. The lowest BCUT2D eigenvalue weighted by Gasteiger charge is -2.22. The van der Waals surface area contributed by atoms with Gasteiger partial charge in [-0.15, -0.1) is 0 Å². The fraction of sp³-hybridized carbons (Fsp3) is 0.333. The molecule has 0 aromatic carbocycles. The van der Waals surface area contributed by atoms with Crippen LogP contribution in [-0.4, -0.2) is 4.90 Å². The summed E-state index contributed by atoms with van der Waals surface area (Å²) in [6, 6.07) is 0. The Morgan fingerprint density at radius 1 is 1.57 bits per heavy atom. The number of rotatable bonds is 3. The van der Waals surface area contributed by atoms with E-state index in [0.717, 1.165) is 10.9 Å². The van der Waals surface area contributed by atoms with Crippen LogP contribution in [0.4, 0.5) is 0 Å². The number of allylic oxidation sites excluding steroid dienone is 4. The summed E-state index contributed by atoms with van der Waals surface area (Å²) in [6.45, 7) is 8.17. The van der Waals surface area contributed by atoms with Crippen LogP contribution < -0.4 is 0 Å². The van der Waals surface area contributed by atoms with E-state index in [0.29, 0.717) is 0 Å². The number of hydrogen-bond donors (Lipinski definition) is 0. The summed E-state index contributed by atoms with van der Waals surface area (Å²) in [4.78, 5) is 2.05. The number of nitrogens with zero attached hydrogens (tertiary/aromatic N) is 1. The maximum Gasteiger partial charge on any atom is 0.0439 e. The van der Waals surface area contributed by atoms with Gasteiger partial charge in [0, 0.05) is 22.6 Å². The molecule has 0 radical (unpaired) electrons. The first-order valence-electron chi connectivity index (χ1n) is 4.85. The van der Waals surface area contributed by atoms with Crippen LogP contribution in [0.5, 0.6) is 0 Å². The van der Waals surface area contributed by atoms with Crippen LogP contribution in [0.2, 0.25) is 0 Å². The van der Waals surface area contributed by atoms with Crippen molar-refractivity contribution in [2.75, 3.05) is 0 Å². The maximum absolute atomic E-state index is 3.80. The van der Waals surface area contributed by atoms with Gasteiger partial charge in [0.1, 0.15) is 0 Å². The average molecular weight is 254 g/mol. The lowest BCUT2D eigenvalue weighted by atomic mass is 10.1. The zero-order chi connectivity index (χ0) is 10.6. The van der Waals surface area contributed by atoms with Crippen LogP contribution in [0.25, 0.3) is 0 Å². The molecule has 1 aliphatic rings. The molecule has 0 fully saturated rings. The van der Waals surface area contributed by atoms with Crippen LogP contribution in [0.3, 0.4) is 0 Å². The maximum atomic E-state index is 3.80. The van der Waals surface area contributed by atoms with Gasteiger partial charge in [-0.1, -0.05) is 19.9 Å². The van der Waals surface area contributed by atoms with Crippen LogP contribution in [0.15, 0.2) is 46.9 Å². The van der Waals surface area contributed by atoms with Crippen molar-refractivity contribution >= 4 is 15.9 Å². The summed E-state index contributed by atoms with van der Waals surface area (Å²) >= 11 is 3.45. The van der Waals surface area contributed by atoms with Gasteiger partial charge in [-0.25, -0.2) is 0 Å². The van der Waals surface area contributed by atoms with Gasteiger partial charge in [-0.3, -0.25) is 0 Å². The smallest absolute Gasteiger partial charge is 0.0439 e. The number of halogens is 1. The fourth-order valence-corrected chi connectivity index (χ4v) is 1.86. The molecule has 0 spiro atoms. The zero-order valence-corrected chi connectivity index (χ0v) is 10.3. The van der Waals surface area contributed by atoms with E-state index >= 15 is 0 Å². The second-order valence-electron chi connectivity index (χ2n) is 3.35. The van der Waals surface area contributed by atoms with Crippen molar-refractivity contribution in [3.8, 4) is 0 Å².